The summed E-state index contributed by atoms with van der Waals surface area (Å²) in [6.45, 7) is 4.95. The Kier molecular flexibility index (Phi) is 4.75. The van der Waals surface area contributed by atoms with E-state index in [0.29, 0.717) is 17.3 Å². The molecule has 7 heteroatoms. The first-order chi connectivity index (χ1) is 12.5. The lowest BCUT2D eigenvalue weighted by molar-refractivity contribution is 0.0929. The van der Waals surface area contributed by atoms with E-state index in [-0.39, 0.29) is 18.0 Å². The van der Waals surface area contributed by atoms with Crippen LogP contribution in [0.2, 0.25) is 0 Å². The van der Waals surface area contributed by atoms with Gasteiger partial charge in [-0.3, -0.25) is 10.2 Å². The van der Waals surface area contributed by atoms with E-state index in [4.69, 9.17) is 0 Å². The molecule has 2 aliphatic rings. The standard InChI is InChI=1S/C19H23N3O2S2/c1-11-3-4-15-13(9-11)10-17(26-15)18(23)20-21-19(24)22-7-5-16-14(12(22)2)6-8-25-16/h6,8,10-12H,3-5,7,9H2,1-2H3,(H,20,23)(H,21,24)/t11-,12-/m0/s1. The summed E-state index contributed by atoms with van der Waals surface area (Å²) in [4.78, 5) is 30.1. The van der Waals surface area contributed by atoms with E-state index in [1.165, 1.54) is 27.3 Å². The molecule has 3 amide bonds. The number of fused-ring (bicyclic) bond motifs is 2. The lowest BCUT2D eigenvalue weighted by Crippen LogP contribution is -2.50. The Morgan fingerprint density at radius 3 is 2.88 bits per heavy atom. The van der Waals surface area contributed by atoms with Crippen molar-refractivity contribution >= 4 is 34.6 Å². The van der Waals surface area contributed by atoms with Crippen molar-refractivity contribution in [1.29, 1.82) is 0 Å². The molecule has 2 atom stereocenters. The number of hydrazine groups is 1. The predicted octanol–water partition coefficient (Wildman–Crippen LogP) is 3.91. The van der Waals surface area contributed by atoms with Gasteiger partial charge in [0.15, 0.2) is 0 Å². The highest BCUT2D eigenvalue weighted by Crippen LogP contribution is 2.33. The maximum atomic E-state index is 12.5. The molecule has 2 aromatic heterocycles. The van der Waals surface area contributed by atoms with Crippen molar-refractivity contribution in [3.63, 3.8) is 0 Å². The van der Waals surface area contributed by atoms with Gasteiger partial charge in [-0.25, -0.2) is 10.2 Å². The highest BCUT2D eigenvalue weighted by molar-refractivity contribution is 7.14. The number of nitrogens with zero attached hydrogens (tertiary/aromatic N) is 1. The van der Waals surface area contributed by atoms with Crippen LogP contribution in [0.3, 0.4) is 0 Å². The van der Waals surface area contributed by atoms with Gasteiger partial charge < -0.3 is 4.90 Å². The summed E-state index contributed by atoms with van der Waals surface area (Å²) < 4.78 is 0. The summed E-state index contributed by atoms with van der Waals surface area (Å²) in [6, 6.07) is 3.84. The average molecular weight is 390 g/mol. The summed E-state index contributed by atoms with van der Waals surface area (Å²) in [5, 5.41) is 2.07. The molecule has 138 valence electrons. The minimum atomic E-state index is -0.252. The Labute approximate surface area is 161 Å². The van der Waals surface area contributed by atoms with Crippen molar-refractivity contribution in [2.75, 3.05) is 6.54 Å². The third kappa shape index (κ3) is 3.25. The molecule has 2 N–H and O–H groups in total. The first-order valence-electron chi connectivity index (χ1n) is 9.07. The van der Waals surface area contributed by atoms with Gasteiger partial charge in [-0.05, 0) is 67.2 Å². The van der Waals surface area contributed by atoms with E-state index in [0.717, 1.165) is 19.3 Å². The summed E-state index contributed by atoms with van der Waals surface area (Å²) in [5.74, 6) is 0.446. The first kappa shape index (κ1) is 17.5. The van der Waals surface area contributed by atoms with Crippen LogP contribution in [0.5, 0.6) is 0 Å². The van der Waals surface area contributed by atoms with Gasteiger partial charge >= 0.3 is 6.03 Å². The largest absolute Gasteiger partial charge is 0.336 e. The first-order valence-corrected chi connectivity index (χ1v) is 10.8. The van der Waals surface area contributed by atoms with Gasteiger partial charge in [-0.15, -0.1) is 22.7 Å². The molecule has 0 radical (unpaired) electrons. The molecule has 0 saturated carbocycles. The SMILES string of the molecule is C[C@H]1CCc2sc(C(=O)NNC(=O)N3CCc4sccc4[C@@H]3C)cc2C1. The zero-order valence-electron chi connectivity index (χ0n) is 15.0. The topological polar surface area (TPSA) is 61.4 Å². The predicted molar refractivity (Wildman–Crippen MR) is 105 cm³/mol. The number of thiophene rings is 2. The van der Waals surface area contributed by atoms with Crippen molar-refractivity contribution in [2.24, 2.45) is 5.92 Å². The maximum absolute atomic E-state index is 12.5. The molecule has 3 heterocycles. The Morgan fingerprint density at radius 2 is 2.04 bits per heavy atom. The minimum absolute atomic E-state index is 0.0254. The van der Waals surface area contributed by atoms with E-state index >= 15 is 0 Å². The zero-order valence-corrected chi connectivity index (χ0v) is 16.6. The number of urea groups is 1. The molecule has 0 aromatic carbocycles. The van der Waals surface area contributed by atoms with Crippen molar-refractivity contribution in [3.8, 4) is 0 Å². The quantitative estimate of drug-likeness (QED) is 0.727. The van der Waals surface area contributed by atoms with Crippen LogP contribution in [0.15, 0.2) is 17.5 Å². The molecule has 0 unspecified atom stereocenters. The lowest BCUT2D eigenvalue weighted by atomic mass is 9.90. The Balaban J connectivity index is 1.37. The molecule has 26 heavy (non-hydrogen) atoms. The second kappa shape index (κ2) is 7.04. The van der Waals surface area contributed by atoms with Crippen molar-refractivity contribution in [1.82, 2.24) is 15.8 Å². The van der Waals surface area contributed by atoms with Crippen molar-refractivity contribution in [2.45, 2.75) is 45.6 Å². The molecule has 1 aliphatic carbocycles. The number of rotatable bonds is 1. The van der Waals surface area contributed by atoms with Gasteiger partial charge in [-0.2, -0.15) is 0 Å². The Hall–Kier alpha value is -1.86. The zero-order chi connectivity index (χ0) is 18.3. The molecular formula is C19H23N3O2S2. The van der Waals surface area contributed by atoms with Gasteiger partial charge in [0.25, 0.3) is 5.91 Å². The van der Waals surface area contributed by atoms with Crippen LogP contribution in [0.4, 0.5) is 4.79 Å². The number of carbonyl (C=O) groups excluding carboxylic acids is 2. The van der Waals surface area contributed by atoms with E-state index in [9.17, 15) is 9.59 Å². The summed E-state index contributed by atoms with van der Waals surface area (Å²) in [5.41, 5.74) is 7.68. The third-order valence-electron chi connectivity index (χ3n) is 5.37. The third-order valence-corrected chi connectivity index (χ3v) is 7.61. The van der Waals surface area contributed by atoms with Gasteiger partial charge in [0.05, 0.1) is 10.9 Å². The van der Waals surface area contributed by atoms with Crippen molar-refractivity contribution < 1.29 is 9.59 Å². The lowest BCUT2D eigenvalue weighted by Gasteiger charge is -2.33. The average Bonchev–Trinajstić information content (AvgIpc) is 3.26. The van der Waals surface area contributed by atoms with Crippen LogP contribution in [0.25, 0.3) is 0 Å². The fourth-order valence-corrected chi connectivity index (χ4v) is 5.91. The second-order valence-corrected chi connectivity index (χ2v) is 9.35. The van der Waals surface area contributed by atoms with Crippen molar-refractivity contribution in [3.05, 3.63) is 43.3 Å². The number of amides is 3. The van der Waals surface area contributed by atoms with Gasteiger partial charge in [0, 0.05) is 16.3 Å². The molecule has 0 saturated heterocycles. The molecule has 0 bridgehead atoms. The maximum Gasteiger partial charge on any atom is 0.336 e. The van der Waals surface area contributed by atoms with Gasteiger partial charge in [0.2, 0.25) is 0 Å². The molecule has 5 nitrogen and oxygen atoms in total. The van der Waals surface area contributed by atoms with E-state index in [2.05, 4.69) is 29.2 Å². The second-order valence-electron chi connectivity index (χ2n) is 7.21. The smallest absolute Gasteiger partial charge is 0.316 e. The van der Waals surface area contributed by atoms with Crippen LogP contribution < -0.4 is 10.9 Å². The monoisotopic (exact) mass is 389 g/mol. The number of aryl methyl sites for hydroxylation is 1. The molecule has 0 fully saturated rings. The highest BCUT2D eigenvalue weighted by atomic mass is 32.1. The molecule has 0 spiro atoms. The summed E-state index contributed by atoms with van der Waals surface area (Å²) in [7, 11) is 0. The number of nitrogens with one attached hydrogen (secondary N) is 2. The minimum Gasteiger partial charge on any atom is -0.316 e. The molecule has 1 aliphatic heterocycles. The van der Waals surface area contributed by atoms with Crippen LogP contribution in [0, 0.1) is 5.92 Å². The highest BCUT2D eigenvalue weighted by Gasteiger charge is 2.28. The fraction of sp³-hybridized carbons (Fsp3) is 0.474. The number of hydrogen-bond donors (Lipinski definition) is 2. The van der Waals surface area contributed by atoms with E-state index in [1.807, 2.05) is 13.0 Å². The van der Waals surface area contributed by atoms with Crippen LogP contribution >= 0.6 is 22.7 Å². The molecule has 2 aromatic rings. The fourth-order valence-electron chi connectivity index (χ4n) is 3.85. The molecular weight excluding hydrogens is 366 g/mol. The van der Waals surface area contributed by atoms with Gasteiger partial charge in [-0.1, -0.05) is 6.92 Å². The Morgan fingerprint density at radius 1 is 1.19 bits per heavy atom. The summed E-state index contributed by atoms with van der Waals surface area (Å²) >= 11 is 3.29. The van der Waals surface area contributed by atoms with E-state index in [1.54, 1.807) is 27.6 Å². The van der Waals surface area contributed by atoms with E-state index < -0.39 is 0 Å². The normalized spacial score (nSPS) is 21.7. The summed E-state index contributed by atoms with van der Waals surface area (Å²) in [6.07, 6.45) is 4.14. The Bertz CT molecular complexity index is 842. The number of carbonyl (C=O) groups is 2. The molecule has 4 rings (SSSR count). The van der Waals surface area contributed by atoms with Gasteiger partial charge in [0.1, 0.15) is 0 Å². The van der Waals surface area contributed by atoms with Crippen LogP contribution in [-0.4, -0.2) is 23.4 Å². The van der Waals surface area contributed by atoms with Crippen LogP contribution in [0.1, 0.15) is 56.9 Å². The number of hydrogen-bond acceptors (Lipinski definition) is 4. The van der Waals surface area contributed by atoms with Crippen LogP contribution in [-0.2, 0) is 19.3 Å².